The van der Waals surface area contributed by atoms with Crippen LogP contribution >= 0.6 is 0 Å². The fraction of sp³-hybridized carbons (Fsp3) is 0.625. The molecule has 2 aliphatic rings. The topological polar surface area (TPSA) is 65.8 Å². The monoisotopic (exact) mass is 305 g/mol. The van der Waals surface area contributed by atoms with Crippen LogP contribution < -0.4 is 5.32 Å². The molecule has 3 heterocycles. The summed E-state index contributed by atoms with van der Waals surface area (Å²) in [4.78, 5) is 28.4. The largest absolute Gasteiger partial charge is 0.466 e. The van der Waals surface area contributed by atoms with Gasteiger partial charge in [0.25, 0.3) is 5.91 Å². The van der Waals surface area contributed by atoms with Crippen LogP contribution in [0.5, 0.6) is 0 Å². The van der Waals surface area contributed by atoms with Gasteiger partial charge in [0.05, 0.1) is 11.6 Å². The number of hydrogen-bond acceptors (Lipinski definition) is 3. The van der Waals surface area contributed by atoms with E-state index in [1.54, 1.807) is 0 Å². The highest BCUT2D eigenvalue weighted by Crippen LogP contribution is 2.25. The third-order valence-electron chi connectivity index (χ3n) is 4.79. The van der Waals surface area contributed by atoms with Gasteiger partial charge in [0.15, 0.2) is 0 Å². The molecule has 0 saturated carbocycles. The maximum absolute atomic E-state index is 12.8. The number of amides is 3. The van der Waals surface area contributed by atoms with Crippen LogP contribution in [0.4, 0.5) is 4.79 Å². The predicted octanol–water partition coefficient (Wildman–Crippen LogP) is 1.83. The molecule has 3 amide bonds. The van der Waals surface area contributed by atoms with Gasteiger partial charge >= 0.3 is 6.03 Å². The number of aryl methyl sites for hydroxylation is 2. The molecule has 0 radical (unpaired) electrons. The fourth-order valence-corrected chi connectivity index (χ4v) is 3.49. The summed E-state index contributed by atoms with van der Waals surface area (Å²) in [5, 5.41) is 2.83. The zero-order valence-electron chi connectivity index (χ0n) is 13.4. The first kappa shape index (κ1) is 14.9. The number of piperidine rings is 1. The minimum Gasteiger partial charge on any atom is -0.466 e. The summed E-state index contributed by atoms with van der Waals surface area (Å²) < 4.78 is 5.58. The Morgan fingerprint density at radius 1 is 1.23 bits per heavy atom. The highest BCUT2D eigenvalue weighted by molar-refractivity contribution is 5.97. The maximum Gasteiger partial charge on any atom is 0.317 e. The molecule has 0 unspecified atom stereocenters. The van der Waals surface area contributed by atoms with Crippen molar-refractivity contribution >= 4 is 11.9 Å². The van der Waals surface area contributed by atoms with Crippen molar-refractivity contribution in [2.24, 2.45) is 0 Å². The first-order chi connectivity index (χ1) is 10.5. The van der Waals surface area contributed by atoms with E-state index in [1.165, 1.54) is 0 Å². The Morgan fingerprint density at radius 3 is 2.59 bits per heavy atom. The summed E-state index contributed by atoms with van der Waals surface area (Å²) >= 11 is 0. The van der Waals surface area contributed by atoms with E-state index in [2.05, 4.69) is 5.32 Å². The molecule has 0 aromatic carbocycles. The van der Waals surface area contributed by atoms with Gasteiger partial charge in [0.2, 0.25) is 0 Å². The van der Waals surface area contributed by atoms with Crippen molar-refractivity contribution in [1.29, 1.82) is 0 Å². The lowest BCUT2D eigenvalue weighted by atomic mass is 10.0. The molecule has 6 nitrogen and oxygen atoms in total. The molecule has 0 bridgehead atoms. The van der Waals surface area contributed by atoms with Crippen molar-refractivity contribution < 1.29 is 14.0 Å². The van der Waals surface area contributed by atoms with E-state index in [0.717, 1.165) is 37.3 Å². The zero-order chi connectivity index (χ0) is 15.9. The van der Waals surface area contributed by atoms with Gasteiger partial charge < -0.3 is 19.5 Å². The molecular formula is C16H23N3O3. The number of rotatable bonds is 2. The average molecular weight is 305 g/mol. The second-order valence-electron chi connectivity index (χ2n) is 6.19. The van der Waals surface area contributed by atoms with Crippen LogP contribution in [0.1, 0.15) is 40.3 Å². The van der Waals surface area contributed by atoms with Crippen LogP contribution in [0.15, 0.2) is 4.42 Å². The number of hydrogen-bond donors (Lipinski definition) is 1. The van der Waals surface area contributed by atoms with Crippen LogP contribution in [0.3, 0.4) is 0 Å². The number of urea groups is 1. The Bertz CT molecular complexity index is 608. The molecule has 1 aromatic heterocycles. The summed E-state index contributed by atoms with van der Waals surface area (Å²) in [5.74, 6) is 1.51. The van der Waals surface area contributed by atoms with E-state index in [0.29, 0.717) is 24.4 Å². The average Bonchev–Trinajstić information content (AvgIpc) is 3.03. The second kappa shape index (κ2) is 5.66. The zero-order valence-corrected chi connectivity index (χ0v) is 13.4. The van der Waals surface area contributed by atoms with Crippen molar-refractivity contribution in [3.8, 4) is 0 Å². The number of nitrogens with zero attached hydrogens (tertiary/aromatic N) is 2. The Morgan fingerprint density at radius 2 is 2.00 bits per heavy atom. The van der Waals surface area contributed by atoms with Crippen LogP contribution in [-0.2, 0) is 0 Å². The van der Waals surface area contributed by atoms with Crippen LogP contribution in [-0.4, -0.2) is 54.0 Å². The van der Waals surface area contributed by atoms with Crippen LogP contribution in [0.2, 0.25) is 0 Å². The Hall–Kier alpha value is -1.98. The molecule has 0 spiro atoms. The van der Waals surface area contributed by atoms with Gasteiger partial charge in [-0.1, -0.05) is 0 Å². The quantitative estimate of drug-likeness (QED) is 0.906. The van der Waals surface area contributed by atoms with Crippen LogP contribution in [0.25, 0.3) is 0 Å². The SMILES string of the molecule is Cc1oc(C)c(C(=O)N2CCC[C@H](N3CCNC3=O)C2)c1C. The Labute approximate surface area is 130 Å². The van der Waals surface area contributed by atoms with Gasteiger partial charge in [-0.3, -0.25) is 4.79 Å². The van der Waals surface area contributed by atoms with Crippen LogP contribution in [0, 0.1) is 20.8 Å². The maximum atomic E-state index is 12.8. The van der Waals surface area contributed by atoms with Crippen molar-refractivity contribution in [3.63, 3.8) is 0 Å². The number of likely N-dealkylation sites (tertiary alicyclic amines) is 1. The highest BCUT2D eigenvalue weighted by Gasteiger charge is 2.34. The van der Waals surface area contributed by atoms with E-state index in [4.69, 9.17) is 4.42 Å². The summed E-state index contributed by atoms with van der Waals surface area (Å²) in [7, 11) is 0. The van der Waals surface area contributed by atoms with E-state index >= 15 is 0 Å². The Balaban J connectivity index is 1.77. The Kier molecular flexibility index (Phi) is 3.85. The smallest absolute Gasteiger partial charge is 0.317 e. The molecule has 2 saturated heterocycles. The number of carbonyl (C=O) groups excluding carboxylic acids is 2. The molecule has 3 rings (SSSR count). The lowest BCUT2D eigenvalue weighted by molar-refractivity contribution is 0.0632. The number of furan rings is 1. The van der Waals surface area contributed by atoms with Gasteiger partial charge in [0.1, 0.15) is 11.5 Å². The minimum atomic E-state index is -0.00850. The molecule has 6 heteroatoms. The molecule has 120 valence electrons. The normalized spacial score (nSPS) is 22.1. The summed E-state index contributed by atoms with van der Waals surface area (Å²) in [6.07, 6.45) is 1.88. The molecule has 2 aliphatic heterocycles. The van der Waals surface area contributed by atoms with Gasteiger partial charge in [-0.25, -0.2) is 4.79 Å². The van der Waals surface area contributed by atoms with Gasteiger partial charge in [-0.05, 0) is 33.6 Å². The van der Waals surface area contributed by atoms with E-state index in [1.807, 2.05) is 30.6 Å². The molecule has 0 aliphatic carbocycles. The molecule has 2 fully saturated rings. The lowest BCUT2D eigenvalue weighted by Crippen LogP contribution is -2.50. The molecular weight excluding hydrogens is 282 g/mol. The van der Waals surface area contributed by atoms with Crippen molar-refractivity contribution in [1.82, 2.24) is 15.1 Å². The van der Waals surface area contributed by atoms with Gasteiger partial charge in [-0.2, -0.15) is 0 Å². The summed E-state index contributed by atoms with van der Waals surface area (Å²) in [6, 6.07) is 0.111. The number of carbonyl (C=O) groups is 2. The highest BCUT2D eigenvalue weighted by atomic mass is 16.3. The third-order valence-corrected chi connectivity index (χ3v) is 4.79. The van der Waals surface area contributed by atoms with Crippen molar-refractivity contribution in [2.45, 2.75) is 39.7 Å². The minimum absolute atomic E-state index is 0.00850. The molecule has 1 atom stereocenters. The first-order valence-electron chi connectivity index (χ1n) is 7.89. The lowest BCUT2D eigenvalue weighted by Gasteiger charge is -2.37. The predicted molar refractivity (Wildman–Crippen MR) is 81.9 cm³/mol. The fourth-order valence-electron chi connectivity index (χ4n) is 3.49. The summed E-state index contributed by atoms with van der Waals surface area (Å²) in [6.45, 7) is 8.42. The molecule has 1 aromatic rings. The van der Waals surface area contributed by atoms with E-state index in [9.17, 15) is 9.59 Å². The first-order valence-corrected chi connectivity index (χ1v) is 7.89. The van der Waals surface area contributed by atoms with E-state index in [-0.39, 0.29) is 18.0 Å². The summed E-state index contributed by atoms with van der Waals surface area (Å²) in [5.41, 5.74) is 1.60. The van der Waals surface area contributed by atoms with Gasteiger partial charge in [0, 0.05) is 31.7 Å². The third kappa shape index (κ3) is 2.46. The van der Waals surface area contributed by atoms with Gasteiger partial charge in [-0.15, -0.1) is 0 Å². The molecule has 22 heavy (non-hydrogen) atoms. The standard InChI is InChI=1S/C16H23N3O3/c1-10-11(2)22-12(3)14(10)15(20)18-7-4-5-13(9-18)19-8-6-17-16(19)21/h13H,4-9H2,1-3H3,(H,17,21)/t13-/m0/s1. The van der Waals surface area contributed by atoms with Crippen molar-refractivity contribution in [3.05, 3.63) is 22.6 Å². The van der Waals surface area contributed by atoms with Crippen molar-refractivity contribution in [2.75, 3.05) is 26.2 Å². The second-order valence-corrected chi connectivity index (χ2v) is 6.19. The molecule has 1 N–H and O–H groups in total. The number of nitrogens with one attached hydrogen (secondary N) is 1. The van der Waals surface area contributed by atoms with E-state index < -0.39 is 0 Å².